The Bertz CT molecular complexity index is 303. The molecule has 1 nitrogen and oxygen atoms in total. The summed E-state index contributed by atoms with van der Waals surface area (Å²) in [6.45, 7) is 2.15. The Balaban J connectivity index is 2.47. The number of hydrogen-bond acceptors (Lipinski definition) is 1. The first kappa shape index (κ1) is 11.2. The van der Waals surface area contributed by atoms with Gasteiger partial charge in [0.25, 0.3) is 0 Å². The molecule has 0 saturated carbocycles. The normalized spacial score (nSPS) is 13.2. The molecule has 14 heavy (non-hydrogen) atoms. The molecule has 76 valence electrons. The third kappa shape index (κ3) is 3.88. The van der Waals surface area contributed by atoms with Crippen molar-refractivity contribution in [1.82, 2.24) is 0 Å². The van der Waals surface area contributed by atoms with Crippen molar-refractivity contribution < 1.29 is 4.21 Å². The summed E-state index contributed by atoms with van der Waals surface area (Å²) in [6, 6.07) is 9.53. The highest BCUT2D eigenvalue weighted by atomic mass is 32.2. The lowest BCUT2D eigenvalue weighted by Crippen LogP contribution is -1.84. The average molecular weight is 208 g/mol. The number of allylic oxidation sites excluding steroid dienone is 1. The predicted octanol–water partition coefficient (Wildman–Crippen LogP) is 3.50. The van der Waals surface area contributed by atoms with Crippen LogP contribution in [-0.4, -0.2) is 4.21 Å². The van der Waals surface area contributed by atoms with Gasteiger partial charge >= 0.3 is 0 Å². The monoisotopic (exact) mass is 208 g/mol. The lowest BCUT2D eigenvalue weighted by molar-refractivity contribution is 0.688. The van der Waals surface area contributed by atoms with Crippen LogP contribution >= 0.6 is 0 Å². The van der Waals surface area contributed by atoms with E-state index in [2.05, 4.69) is 6.92 Å². The highest BCUT2D eigenvalue weighted by molar-refractivity contribution is 7.88. The summed E-state index contributed by atoms with van der Waals surface area (Å²) in [5, 5.41) is 1.78. The molecule has 0 saturated heterocycles. The minimum absolute atomic E-state index is 0.875. The maximum atomic E-state index is 11.6. The van der Waals surface area contributed by atoms with E-state index in [1.165, 1.54) is 12.8 Å². The largest absolute Gasteiger partial charge is 0.250 e. The maximum absolute atomic E-state index is 11.6. The number of unbranched alkanes of at least 4 members (excludes halogenated alkanes) is 2. The topological polar surface area (TPSA) is 17.1 Å². The molecule has 1 unspecified atom stereocenters. The molecule has 0 aliphatic heterocycles. The Morgan fingerprint density at radius 1 is 1.29 bits per heavy atom. The summed E-state index contributed by atoms with van der Waals surface area (Å²) in [5.74, 6) is 0. The van der Waals surface area contributed by atoms with Gasteiger partial charge in [0.05, 0.1) is 10.8 Å². The first-order valence-corrected chi connectivity index (χ1v) is 6.18. The van der Waals surface area contributed by atoms with E-state index in [4.69, 9.17) is 0 Å². The van der Waals surface area contributed by atoms with E-state index in [0.717, 1.165) is 11.3 Å². The standard InChI is InChI=1S/C12H16OS/c1-2-3-4-8-11-14(13)12-9-6-5-7-10-12/h5-11H,2-4H2,1H3/b11-8-. The average Bonchev–Trinajstić information content (AvgIpc) is 2.25. The second kappa shape index (κ2) is 6.55. The van der Waals surface area contributed by atoms with Crippen LogP contribution in [0.3, 0.4) is 0 Å². The Labute approximate surface area is 88.3 Å². The van der Waals surface area contributed by atoms with Gasteiger partial charge in [-0.3, -0.25) is 0 Å². The van der Waals surface area contributed by atoms with Crippen molar-refractivity contribution in [3.05, 3.63) is 41.8 Å². The summed E-state index contributed by atoms with van der Waals surface area (Å²) in [6.07, 6.45) is 5.38. The van der Waals surface area contributed by atoms with Gasteiger partial charge in [-0.25, -0.2) is 4.21 Å². The van der Waals surface area contributed by atoms with Crippen molar-refractivity contribution in [2.24, 2.45) is 0 Å². The smallest absolute Gasteiger partial charge is 0.0772 e. The van der Waals surface area contributed by atoms with Crippen LogP contribution in [0.5, 0.6) is 0 Å². The van der Waals surface area contributed by atoms with E-state index in [9.17, 15) is 4.21 Å². The predicted molar refractivity (Wildman–Crippen MR) is 61.5 cm³/mol. The van der Waals surface area contributed by atoms with Crippen LogP contribution in [0.15, 0.2) is 46.7 Å². The van der Waals surface area contributed by atoms with Crippen molar-refractivity contribution in [1.29, 1.82) is 0 Å². The molecule has 0 bridgehead atoms. The minimum atomic E-state index is -0.967. The Kier molecular flexibility index (Phi) is 5.23. The summed E-state index contributed by atoms with van der Waals surface area (Å²) in [4.78, 5) is 0.875. The molecule has 0 heterocycles. The van der Waals surface area contributed by atoms with Crippen LogP contribution < -0.4 is 0 Å². The fourth-order valence-corrected chi connectivity index (χ4v) is 2.00. The molecule has 1 atom stereocenters. The molecule has 1 aromatic rings. The first-order chi connectivity index (χ1) is 6.84. The molecular weight excluding hydrogens is 192 g/mol. The summed E-state index contributed by atoms with van der Waals surface area (Å²) in [7, 11) is -0.967. The molecule has 0 aliphatic carbocycles. The van der Waals surface area contributed by atoms with Gasteiger partial charge in [0.1, 0.15) is 0 Å². The van der Waals surface area contributed by atoms with E-state index in [1.807, 2.05) is 36.4 Å². The quantitative estimate of drug-likeness (QED) is 0.677. The highest BCUT2D eigenvalue weighted by Gasteiger charge is 1.95. The van der Waals surface area contributed by atoms with E-state index >= 15 is 0 Å². The second-order valence-corrected chi connectivity index (χ2v) is 4.46. The molecule has 0 fully saturated rings. The summed E-state index contributed by atoms with van der Waals surface area (Å²) in [5.41, 5.74) is 0. The fraction of sp³-hybridized carbons (Fsp3) is 0.333. The van der Waals surface area contributed by atoms with E-state index < -0.39 is 10.8 Å². The zero-order valence-electron chi connectivity index (χ0n) is 8.48. The van der Waals surface area contributed by atoms with E-state index in [-0.39, 0.29) is 0 Å². The van der Waals surface area contributed by atoms with Gasteiger partial charge in [-0.05, 0) is 18.6 Å². The van der Waals surface area contributed by atoms with Gasteiger partial charge in [0, 0.05) is 10.3 Å². The highest BCUT2D eigenvalue weighted by Crippen LogP contribution is 2.07. The van der Waals surface area contributed by atoms with Crippen LogP contribution in [0, 0.1) is 0 Å². The summed E-state index contributed by atoms with van der Waals surface area (Å²) >= 11 is 0. The van der Waals surface area contributed by atoms with Crippen LogP contribution in [0.2, 0.25) is 0 Å². The number of rotatable bonds is 5. The van der Waals surface area contributed by atoms with Crippen molar-refractivity contribution in [2.75, 3.05) is 0 Å². The van der Waals surface area contributed by atoms with Crippen molar-refractivity contribution in [2.45, 2.75) is 31.1 Å². The zero-order chi connectivity index (χ0) is 10.2. The Morgan fingerprint density at radius 2 is 2.00 bits per heavy atom. The first-order valence-electron chi connectivity index (χ1n) is 4.97. The molecule has 0 aliphatic rings. The van der Waals surface area contributed by atoms with Gasteiger partial charge in [-0.15, -0.1) is 0 Å². The molecule has 2 heteroatoms. The van der Waals surface area contributed by atoms with Crippen LogP contribution in [0.1, 0.15) is 26.2 Å². The van der Waals surface area contributed by atoms with Gasteiger partial charge in [0.2, 0.25) is 0 Å². The summed E-state index contributed by atoms with van der Waals surface area (Å²) < 4.78 is 11.6. The van der Waals surface area contributed by atoms with Crippen molar-refractivity contribution in [3.63, 3.8) is 0 Å². The zero-order valence-corrected chi connectivity index (χ0v) is 9.30. The van der Waals surface area contributed by atoms with Crippen molar-refractivity contribution in [3.8, 4) is 0 Å². The molecule has 0 amide bonds. The van der Waals surface area contributed by atoms with Crippen LogP contribution in [0.25, 0.3) is 0 Å². The third-order valence-corrected chi connectivity index (χ3v) is 3.10. The number of hydrogen-bond donors (Lipinski definition) is 0. The van der Waals surface area contributed by atoms with Crippen LogP contribution in [-0.2, 0) is 10.8 Å². The van der Waals surface area contributed by atoms with Crippen molar-refractivity contribution >= 4 is 10.8 Å². The van der Waals surface area contributed by atoms with Gasteiger partial charge in [0.15, 0.2) is 0 Å². The van der Waals surface area contributed by atoms with E-state index in [0.29, 0.717) is 0 Å². The Hall–Kier alpha value is -0.890. The third-order valence-electron chi connectivity index (χ3n) is 1.92. The number of benzene rings is 1. The lowest BCUT2D eigenvalue weighted by Gasteiger charge is -1.94. The molecular formula is C12H16OS. The SMILES string of the molecule is CCCC/C=C\S(=O)c1ccccc1. The maximum Gasteiger partial charge on any atom is 0.0772 e. The molecule has 0 radical (unpaired) electrons. The van der Waals surface area contributed by atoms with Gasteiger partial charge in [-0.2, -0.15) is 0 Å². The Morgan fingerprint density at radius 3 is 2.64 bits per heavy atom. The lowest BCUT2D eigenvalue weighted by atomic mass is 10.2. The molecule has 0 aromatic heterocycles. The minimum Gasteiger partial charge on any atom is -0.250 e. The van der Waals surface area contributed by atoms with E-state index in [1.54, 1.807) is 5.41 Å². The van der Waals surface area contributed by atoms with Crippen LogP contribution in [0.4, 0.5) is 0 Å². The second-order valence-electron chi connectivity index (χ2n) is 3.12. The molecule has 1 aromatic carbocycles. The fourth-order valence-electron chi connectivity index (χ4n) is 1.11. The molecule has 0 N–H and O–H groups in total. The molecule has 0 spiro atoms. The van der Waals surface area contributed by atoms with Gasteiger partial charge < -0.3 is 0 Å². The van der Waals surface area contributed by atoms with Gasteiger partial charge in [-0.1, -0.05) is 44.0 Å². The molecule has 1 rings (SSSR count).